The van der Waals surface area contributed by atoms with Crippen molar-refractivity contribution in [2.75, 3.05) is 18.5 Å². The van der Waals surface area contributed by atoms with Gasteiger partial charge in [-0.2, -0.15) is 5.26 Å². The summed E-state index contributed by atoms with van der Waals surface area (Å²) in [6, 6.07) is 9.77. The number of anilines is 1. The van der Waals surface area contributed by atoms with Crippen LogP contribution in [0.5, 0.6) is 5.75 Å². The third kappa shape index (κ3) is 5.58. The van der Waals surface area contributed by atoms with Crippen LogP contribution in [0.2, 0.25) is 0 Å². The van der Waals surface area contributed by atoms with Crippen LogP contribution >= 0.6 is 11.3 Å². The van der Waals surface area contributed by atoms with Crippen LogP contribution in [0.1, 0.15) is 47.3 Å². The molecule has 1 aliphatic rings. The minimum Gasteiger partial charge on any atom is -0.493 e. The van der Waals surface area contributed by atoms with E-state index in [1.54, 1.807) is 0 Å². The number of benzene rings is 1. The van der Waals surface area contributed by atoms with Crippen LogP contribution in [0.3, 0.4) is 0 Å². The van der Waals surface area contributed by atoms with Gasteiger partial charge in [-0.25, -0.2) is 0 Å². The van der Waals surface area contributed by atoms with Crippen LogP contribution in [-0.4, -0.2) is 25.1 Å². The summed E-state index contributed by atoms with van der Waals surface area (Å²) in [6.07, 6.45) is 5.21. The van der Waals surface area contributed by atoms with Crippen molar-refractivity contribution in [2.45, 2.75) is 45.4 Å². The van der Waals surface area contributed by atoms with Crippen molar-refractivity contribution in [2.24, 2.45) is 0 Å². The number of para-hydroxylation sites is 1. The van der Waals surface area contributed by atoms with Crippen molar-refractivity contribution >= 4 is 28.2 Å². The number of nitrogens with zero attached hydrogens (tertiary/aromatic N) is 1. The minimum atomic E-state index is -0.504. The Morgan fingerprint density at radius 1 is 1.21 bits per heavy atom. The third-order valence-electron chi connectivity index (χ3n) is 4.81. The first kappa shape index (κ1) is 20.9. The molecule has 6 nitrogen and oxygen atoms in total. The second kappa shape index (κ2) is 10.1. The van der Waals surface area contributed by atoms with E-state index in [-0.39, 0.29) is 19.6 Å². The van der Waals surface area contributed by atoms with Gasteiger partial charge in [-0.3, -0.25) is 9.59 Å². The number of rotatable bonds is 7. The highest BCUT2D eigenvalue weighted by Crippen LogP contribution is 2.36. The number of carbonyl (C=O) groups is 2. The Bertz CT molecular complexity index is 929. The van der Waals surface area contributed by atoms with Gasteiger partial charge in [-0.05, 0) is 49.8 Å². The lowest BCUT2D eigenvalue weighted by Crippen LogP contribution is -2.21. The zero-order chi connectivity index (χ0) is 20.6. The van der Waals surface area contributed by atoms with Crippen LogP contribution in [-0.2, 0) is 27.2 Å². The van der Waals surface area contributed by atoms with E-state index >= 15 is 0 Å². The molecule has 3 rings (SSSR count). The molecular weight excluding hydrogens is 388 g/mol. The fourth-order valence-corrected chi connectivity index (χ4v) is 4.55. The van der Waals surface area contributed by atoms with Crippen LogP contribution in [0, 0.1) is 18.3 Å². The molecule has 0 saturated carbocycles. The van der Waals surface area contributed by atoms with Gasteiger partial charge in [0.25, 0.3) is 5.91 Å². The molecule has 29 heavy (non-hydrogen) atoms. The summed E-state index contributed by atoms with van der Waals surface area (Å²) in [6.45, 7) is 1.73. The van der Waals surface area contributed by atoms with Gasteiger partial charge in [0.1, 0.15) is 16.8 Å². The van der Waals surface area contributed by atoms with E-state index in [2.05, 4.69) is 11.4 Å². The maximum atomic E-state index is 12.2. The number of fused-ring (bicyclic) bond motifs is 1. The molecule has 1 aliphatic carbocycles. The molecule has 1 heterocycles. The molecule has 0 saturated heterocycles. The normalized spacial score (nSPS) is 13.0. The van der Waals surface area contributed by atoms with Gasteiger partial charge in [-0.15, -0.1) is 11.3 Å². The topological polar surface area (TPSA) is 88.4 Å². The molecule has 0 radical (unpaired) electrons. The van der Waals surface area contributed by atoms with Crippen LogP contribution in [0.25, 0.3) is 0 Å². The lowest BCUT2D eigenvalue weighted by atomic mass is 10.1. The van der Waals surface area contributed by atoms with Gasteiger partial charge < -0.3 is 14.8 Å². The molecule has 0 atom stereocenters. The fraction of sp³-hybridized carbons (Fsp3) is 0.409. The molecule has 152 valence electrons. The largest absolute Gasteiger partial charge is 0.493 e. The van der Waals surface area contributed by atoms with Crippen LogP contribution in [0.4, 0.5) is 5.00 Å². The first-order valence-corrected chi connectivity index (χ1v) is 10.6. The fourth-order valence-electron chi connectivity index (χ4n) is 3.29. The standard InChI is InChI=1S/C22H24N2O4S/c1-15-7-5-6-9-18(15)27-12-11-21(26)28-14-20(25)24-22-17(13-23)16-8-3-2-4-10-19(16)29-22/h5-7,9H,2-4,8,10-12,14H2,1H3,(H,24,25). The Kier molecular flexibility index (Phi) is 7.25. The third-order valence-corrected chi connectivity index (χ3v) is 6.01. The summed E-state index contributed by atoms with van der Waals surface area (Å²) in [5, 5.41) is 12.8. The molecular formula is C22H24N2O4S. The first-order chi connectivity index (χ1) is 14.1. The Balaban J connectivity index is 1.46. The van der Waals surface area contributed by atoms with Crippen molar-refractivity contribution in [3.63, 3.8) is 0 Å². The number of aryl methyl sites for hydroxylation is 2. The molecule has 1 aromatic carbocycles. The number of hydrogen-bond acceptors (Lipinski definition) is 6. The Morgan fingerprint density at radius 3 is 2.79 bits per heavy atom. The number of nitrogens with one attached hydrogen (secondary N) is 1. The number of carbonyl (C=O) groups excluding carboxylic acids is 2. The predicted octanol–water partition coefficient (Wildman–Crippen LogP) is 4.15. The van der Waals surface area contributed by atoms with Gasteiger partial charge in [0.05, 0.1) is 18.6 Å². The average Bonchev–Trinajstić information content (AvgIpc) is 2.86. The lowest BCUT2D eigenvalue weighted by molar-refractivity contribution is -0.147. The number of nitriles is 1. The number of ether oxygens (including phenoxy) is 2. The Morgan fingerprint density at radius 2 is 2.00 bits per heavy atom. The van der Waals surface area contributed by atoms with E-state index in [9.17, 15) is 14.9 Å². The quantitative estimate of drug-likeness (QED) is 0.545. The van der Waals surface area contributed by atoms with Gasteiger partial charge in [0.2, 0.25) is 0 Å². The lowest BCUT2D eigenvalue weighted by Gasteiger charge is -2.09. The molecule has 0 aliphatic heterocycles. The van der Waals surface area contributed by atoms with Gasteiger partial charge in [0.15, 0.2) is 6.61 Å². The van der Waals surface area contributed by atoms with E-state index < -0.39 is 11.9 Å². The van der Waals surface area contributed by atoms with E-state index in [1.165, 1.54) is 16.2 Å². The zero-order valence-electron chi connectivity index (χ0n) is 16.5. The van der Waals surface area contributed by atoms with E-state index in [4.69, 9.17) is 9.47 Å². The molecule has 1 amide bonds. The van der Waals surface area contributed by atoms with Crippen molar-refractivity contribution in [1.29, 1.82) is 5.26 Å². The summed E-state index contributed by atoms with van der Waals surface area (Å²) in [7, 11) is 0. The number of thiophene rings is 1. The average molecular weight is 413 g/mol. The van der Waals surface area contributed by atoms with E-state index in [0.717, 1.165) is 49.0 Å². The zero-order valence-corrected chi connectivity index (χ0v) is 17.3. The molecule has 1 N–H and O–H groups in total. The first-order valence-electron chi connectivity index (χ1n) is 9.77. The molecule has 2 aromatic rings. The molecule has 0 bridgehead atoms. The van der Waals surface area contributed by atoms with Gasteiger partial charge in [0, 0.05) is 4.88 Å². The van der Waals surface area contributed by atoms with Crippen molar-refractivity contribution in [1.82, 2.24) is 0 Å². The van der Waals surface area contributed by atoms with Crippen LogP contribution < -0.4 is 10.1 Å². The summed E-state index contributed by atoms with van der Waals surface area (Å²) in [5.41, 5.74) is 2.61. The Hall–Kier alpha value is -2.85. The maximum Gasteiger partial charge on any atom is 0.309 e. The van der Waals surface area contributed by atoms with Crippen molar-refractivity contribution < 1.29 is 19.1 Å². The molecule has 0 spiro atoms. The summed E-state index contributed by atoms with van der Waals surface area (Å²) in [4.78, 5) is 25.2. The molecule has 7 heteroatoms. The second-order valence-corrected chi connectivity index (χ2v) is 8.06. The summed E-state index contributed by atoms with van der Waals surface area (Å²) in [5.74, 6) is -0.221. The summed E-state index contributed by atoms with van der Waals surface area (Å²) >= 11 is 1.46. The van der Waals surface area contributed by atoms with E-state index in [1.807, 2.05) is 31.2 Å². The minimum absolute atomic E-state index is 0.0539. The van der Waals surface area contributed by atoms with Gasteiger partial charge >= 0.3 is 5.97 Å². The van der Waals surface area contributed by atoms with Gasteiger partial charge in [-0.1, -0.05) is 24.6 Å². The predicted molar refractivity (Wildman–Crippen MR) is 111 cm³/mol. The Labute approximate surface area is 174 Å². The molecule has 0 unspecified atom stereocenters. The summed E-state index contributed by atoms with van der Waals surface area (Å²) < 4.78 is 10.6. The van der Waals surface area contributed by atoms with Crippen molar-refractivity contribution in [3.8, 4) is 11.8 Å². The molecule has 0 fully saturated rings. The monoisotopic (exact) mass is 412 g/mol. The molecule has 1 aromatic heterocycles. The highest BCUT2D eigenvalue weighted by Gasteiger charge is 2.21. The number of hydrogen-bond donors (Lipinski definition) is 1. The number of amides is 1. The number of esters is 1. The van der Waals surface area contributed by atoms with Crippen molar-refractivity contribution in [3.05, 3.63) is 45.8 Å². The highest BCUT2D eigenvalue weighted by molar-refractivity contribution is 7.16. The van der Waals surface area contributed by atoms with E-state index in [0.29, 0.717) is 10.6 Å². The smallest absolute Gasteiger partial charge is 0.309 e. The van der Waals surface area contributed by atoms with Crippen LogP contribution in [0.15, 0.2) is 24.3 Å². The highest BCUT2D eigenvalue weighted by atomic mass is 32.1. The maximum absolute atomic E-state index is 12.2. The second-order valence-electron chi connectivity index (χ2n) is 6.95. The SMILES string of the molecule is Cc1ccccc1OCCC(=O)OCC(=O)Nc1sc2c(c1C#N)CCCCC2.